The average Bonchev–Trinajstić information content (AvgIpc) is 2.35. The van der Waals surface area contributed by atoms with Gasteiger partial charge in [0.05, 0.1) is 6.61 Å². The molecule has 0 aromatic rings. The summed E-state index contributed by atoms with van der Waals surface area (Å²) in [5.41, 5.74) is 5.43. The van der Waals surface area contributed by atoms with Crippen LogP contribution in [0.25, 0.3) is 0 Å². The van der Waals surface area contributed by atoms with Crippen LogP contribution in [0.2, 0.25) is 0 Å². The average molecular weight is 242 g/mol. The number of amides is 1. The SMILES string of the molecule is COCC1CCCN(C(=O)CCCCCN)C1. The van der Waals surface area contributed by atoms with E-state index in [4.69, 9.17) is 10.5 Å². The summed E-state index contributed by atoms with van der Waals surface area (Å²) in [4.78, 5) is 14.0. The first-order valence-corrected chi connectivity index (χ1v) is 6.74. The number of piperidine rings is 1. The fourth-order valence-corrected chi connectivity index (χ4v) is 2.42. The van der Waals surface area contributed by atoms with Crippen molar-refractivity contribution in [2.75, 3.05) is 33.4 Å². The maximum absolute atomic E-state index is 12.0. The third-order valence-electron chi connectivity index (χ3n) is 3.37. The highest BCUT2D eigenvalue weighted by Crippen LogP contribution is 2.18. The molecule has 1 unspecified atom stereocenters. The smallest absolute Gasteiger partial charge is 0.222 e. The second kappa shape index (κ2) is 8.48. The second-order valence-corrected chi connectivity index (χ2v) is 4.90. The van der Waals surface area contributed by atoms with Gasteiger partial charge in [0.2, 0.25) is 5.91 Å². The Hall–Kier alpha value is -0.610. The van der Waals surface area contributed by atoms with Crippen LogP contribution in [0.3, 0.4) is 0 Å². The number of nitrogens with zero attached hydrogens (tertiary/aromatic N) is 1. The molecule has 1 heterocycles. The molecule has 0 aromatic carbocycles. The second-order valence-electron chi connectivity index (χ2n) is 4.90. The van der Waals surface area contributed by atoms with E-state index in [-0.39, 0.29) is 0 Å². The normalized spacial score (nSPS) is 20.6. The summed E-state index contributed by atoms with van der Waals surface area (Å²) < 4.78 is 5.17. The van der Waals surface area contributed by atoms with E-state index in [2.05, 4.69) is 0 Å². The Morgan fingerprint density at radius 3 is 2.94 bits per heavy atom. The monoisotopic (exact) mass is 242 g/mol. The van der Waals surface area contributed by atoms with Gasteiger partial charge in [-0.05, 0) is 38.1 Å². The molecule has 17 heavy (non-hydrogen) atoms. The lowest BCUT2D eigenvalue weighted by Gasteiger charge is -2.32. The van der Waals surface area contributed by atoms with Gasteiger partial charge in [-0.25, -0.2) is 0 Å². The number of carbonyl (C=O) groups is 1. The molecule has 1 aliphatic rings. The van der Waals surface area contributed by atoms with Crippen molar-refractivity contribution in [1.82, 2.24) is 4.90 Å². The van der Waals surface area contributed by atoms with E-state index in [9.17, 15) is 4.79 Å². The van der Waals surface area contributed by atoms with Gasteiger partial charge in [-0.1, -0.05) is 6.42 Å². The Kier molecular flexibility index (Phi) is 7.21. The number of carbonyl (C=O) groups excluding carboxylic acids is 1. The van der Waals surface area contributed by atoms with Crippen LogP contribution in [0.4, 0.5) is 0 Å². The lowest BCUT2D eigenvalue weighted by atomic mass is 9.98. The summed E-state index contributed by atoms with van der Waals surface area (Å²) in [7, 11) is 1.73. The van der Waals surface area contributed by atoms with Crippen LogP contribution in [0.1, 0.15) is 38.5 Å². The van der Waals surface area contributed by atoms with Crippen molar-refractivity contribution < 1.29 is 9.53 Å². The minimum Gasteiger partial charge on any atom is -0.384 e. The predicted molar refractivity (Wildman–Crippen MR) is 68.7 cm³/mol. The molecule has 4 heteroatoms. The van der Waals surface area contributed by atoms with Crippen LogP contribution in [0.5, 0.6) is 0 Å². The number of unbranched alkanes of at least 4 members (excludes halogenated alkanes) is 2. The number of hydrogen-bond donors (Lipinski definition) is 1. The van der Waals surface area contributed by atoms with Gasteiger partial charge >= 0.3 is 0 Å². The van der Waals surface area contributed by atoms with Crippen LogP contribution in [0.15, 0.2) is 0 Å². The molecule has 1 aliphatic heterocycles. The minimum atomic E-state index is 0.308. The van der Waals surface area contributed by atoms with Crippen molar-refractivity contribution in [2.24, 2.45) is 11.7 Å². The van der Waals surface area contributed by atoms with Crippen LogP contribution >= 0.6 is 0 Å². The van der Waals surface area contributed by atoms with Crippen LogP contribution in [0, 0.1) is 5.92 Å². The third-order valence-corrected chi connectivity index (χ3v) is 3.37. The van der Waals surface area contributed by atoms with E-state index < -0.39 is 0 Å². The molecule has 100 valence electrons. The van der Waals surface area contributed by atoms with Gasteiger partial charge in [0, 0.05) is 26.6 Å². The molecular formula is C13H26N2O2. The summed E-state index contributed by atoms with van der Waals surface area (Å²) >= 11 is 0. The minimum absolute atomic E-state index is 0.308. The first-order valence-electron chi connectivity index (χ1n) is 6.74. The molecule has 1 atom stereocenters. The first kappa shape index (κ1) is 14.5. The maximum atomic E-state index is 12.0. The molecule has 0 aliphatic carbocycles. The summed E-state index contributed by atoms with van der Waals surface area (Å²) in [6, 6.07) is 0. The highest BCUT2D eigenvalue weighted by molar-refractivity contribution is 5.76. The number of hydrogen-bond acceptors (Lipinski definition) is 3. The number of rotatable bonds is 7. The molecule has 0 spiro atoms. The van der Waals surface area contributed by atoms with Gasteiger partial charge in [-0.3, -0.25) is 4.79 Å². The van der Waals surface area contributed by atoms with E-state index >= 15 is 0 Å². The summed E-state index contributed by atoms with van der Waals surface area (Å²) in [6.45, 7) is 3.31. The fraction of sp³-hybridized carbons (Fsp3) is 0.923. The van der Waals surface area contributed by atoms with Crippen LogP contribution in [-0.2, 0) is 9.53 Å². The Morgan fingerprint density at radius 2 is 2.24 bits per heavy atom. The standard InChI is InChI=1S/C13H26N2O2/c1-17-11-12-6-5-9-15(10-12)13(16)7-3-2-4-8-14/h12H,2-11,14H2,1H3. The molecule has 0 aromatic heterocycles. The zero-order valence-corrected chi connectivity index (χ0v) is 11.0. The summed E-state index contributed by atoms with van der Waals surface area (Å²) in [6.07, 6.45) is 6.05. The van der Waals surface area contributed by atoms with Crippen molar-refractivity contribution >= 4 is 5.91 Å². The Balaban J connectivity index is 2.21. The lowest BCUT2D eigenvalue weighted by Crippen LogP contribution is -2.41. The molecule has 0 bridgehead atoms. The predicted octanol–water partition coefficient (Wildman–Crippen LogP) is 1.39. The van der Waals surface area contributed by atoms with Gasteiger partial charge < -0.3 is 15.4 Å². The third kappa shape index (κ3) is 5.50. The van der Waals surface area contributed by atoms with Crippen molar-refractivity contribution in [1.29, 1.82) is 0 Å². The van der Waals surface area contributed by atoms with Crippen molar-refractivity contribution in [2.45, 2.75) is 38.5 Å². The van der Waals surface area contributed by atoms with Gasteiger partial charge in [0.1, 0.15) is 0 Å². The fourth-order valence-electron chi connectivity index (χ4n) is 2.42. The summed E-state index contributed by atoms with van der Waals surface area (Å²) in [5, 5.41) is 0. The Morgan fingerprint density at radius 1 is 1.41 bits per heavy atom. The zero-order chi connectivity index (χ0) is 12.5. The Labute approximate surface area is 104 Å². The van der Waals surface area contributed by atoms with Crippen molar-refractivity contribution in [3.05, 3.63) is 0 Å². The molecule has 2 N–H and O–H groups in total. The lowest BCUT2D eigenvalue weighted by molar-refractivity contribution is -0.133. The number of ether oxygens (including phenoxy) is 1. The highest BCUT2D eigenvalue weighted by atomic mass is 16.5. The van der Waals surface area contributed by atoms with E-state index in [1.807, 2.05) is 4.90 Å². The Bertz CT molecular complexity index is 219. The summed E-state index contributed by atoms with van der Waals surface area (Å²) in [5.74, 6) is 0.838. The quantitative estimate of drug-likeness (QED) is 0.686. The van der Waals surface area contributed by atoms with Gasteiger partial charge in [-0.15, -0.1) is 0 Å². The number of methoxy groups -OCH3 is 1. The maximum Gasteiger partial charge on any atom is 0.222 e. The molecular weight excluding hydrogens is 216 g/mol. The van der Waals surface area contributed by atoms with Crippen molar-refractivity contribution in [3.63, 3.8) is 0 Å². The first-order chi connectivity index (χ1) is 8.27. The van der Waals surface area contributed by atoms with Crippen LogP contribution in [-0.4, -0.2) is 44.2 Å². The topological polar surface area (TPSA) is 55.6 Å². The van der Waals surface area contributed by atoms with E-state index in [1.54, 1.807) is 7.11 Å². The molecule has 0 saturated carbocycles. The van der Waals surface area contributed by atoms with Gasteiger partial charge in [0.25, 0.3) is 0 Å². The highest BCUT2D eigenvalue weighted by Gasteiger charge is 2.22. The number of likely N-dealkylation sites (tertiary alicyclic amines) is 1. The van der Waals surface area contributed by atoms with E-state index in [1.165, 1.54) is 6.42 Å². The molecule has 1 fully saturated rings. The van der Waals surface area contributed by atoms with Gasteiger partial charge in [0.15, 0.2) is 0 Å². The van der Waals surface area contributed by atoms with Crippen LogP contribution < -0.4 is 5.73 Å². The van der Waals surface area contributed by atoms with Gasteiger partial charge in [-0.2, -0.15) is 0 Å². The molecule has 4 nitrogen and oxygen atoms in total. The zero-order valence-electron chi connectivity index (χ0n) is 11.0. The van der Waals surface area contributed by atoms with Crippen molar-refractivity contribution in [3.8, 4) is 0 Å². The largest absolute Gasteiger partial charge is 0.384 e. The van der Waals surface area contributed by atoms with E-state index in [0.717, 1.165) is 51.9 Å². The molecule has 1 saturated heterocycles. The molecule has 0 radical (unpaired) electrons. The van der Waals surface area contributed by atoms with E-state index in [0.29, 0.717) is 18.2 Å². The molecule has 1 amide bonds. The molecule has 1 rings (SSSR count). The number of nitrogens with two attached hydrogens (primary N) is 1.